The minimum atomic E-state index is -0.118. The Morgan fingerprint density at radius 2 is 1.76 bits per heavy atom. The lowest BCUT2D eigenvalue weighted by Gasteiger charge is -2.17. The van der Waals surface area contributed by atoms with Crippen LogP contribution < -0.4 is 4.74 Å². The first-order valence-electron chi connectivity index (χ1n) is 7.20. The quantitative estimate of drug-likeness (QED) is 0.704. The van der Waals surface area contributed by atoms with Crippen molar-refractivity contribution in [2.75, 3.05) is 0 Å². The SMILES string of the molecule is CCCc1ccc(Oc2cc(Br)nc(C(C)(C)C)n2)cc1. The van der Waals surface area contributed by atoms with Crippen molar-refractivity contribution < 1.29 is 4.74 Å². The van der Waals surface area contributed by atoms with Gasteiger partial charge in [0, 0.05) is 11.5 Å². The zero-order valence-electron chi connectivity index (χ0n) is 13.0. The molecule has 0 N–H and O–H groups in total. The fourth-order valence-electron chi connectivity index (χ4n) is 1.92. The van der Waals surface area contributed by atoms with E-state index in [-0.39, 0.29) is 5.41 Å². The fourth-order valence-corrected chi connectivity index (χ4v) is 2.28. The van der Waals surface area contributed by atoms with E-state index < -0.39 is 0 Å². The highest BCUT2D eigenvalue weighted by Gasteiger charge is 2.19. The molecule has 2 aromatic rings. The Kier molecular flexibility index (Phi) is 4.99. The third-order valence-electron chi connectivity index (χ3n) is 3.03. The van der Waals surface area contributed by atoms with Crippen molar-refractivity contribution in [2.24, 2.45) is 0 Å². The van der Waals surface area contributed by atoms with Gasteiger partial charge in [-0.3, -0.25) is 0 Å². The van der Waals surface area contributed by atoms with Crippen LogP contribution in [0.5, 0.6) is 11.6 Å². The van der Waals surface area contributed by atoms with Crippen molar-refractivity contribution in [3.05, 3.63) is 46.3 Å². The van der Waals surface area contributed by atoms with E-state index in [0.717, 1.165) is 29.0 Å². The lowest BCUT2D eigenvalue weighted by Crippen LogP contribution is -2.16. The number of halogens is 1. The zero-order chi connectivity index (χ0) is 15.5. The average molecular weight is 349 g/mol. The third kappa shape index (κ3) is 4.53. The second-order valence-corrected chi connectivity index (χ2v) is 6.91. The average Bonchev–Trinajstić information content (AvgIpc) is 2.40. The molecule has 112 valence electrons. The molecule has 0 atom stereocenters. The van der Waals surface area contributed by atoms with Crippen LogP contribution in [-0.2, 0) is 11.8 Å². The van der Waals surface area contributed by atoms with Crippen molar-refractivity contribution in [3.63, 3.8) is 0 Å². The summed E-state index contributed by atoms with van der Waals surface area (Å²) in [5, 5.41) is 0. The van der Waals surface area contributed by atoms with Gasteiger partial charge in [0.25, 0.3) is 0 Å². The summed E-state index contributed by atoms with van der Waals surface area (Å²) < 4.78 is 6.58. The van der Waals surface area contributed by atoms with Crippen molar-refractivity contribution >= 4 is 15.9 Å². The van der Waals surface area contributed by atoms with Crippen LogP contribution in [0.1, 0.15) is 45.5 Å². The van der Waals surface area contributed by atoms with E-state index in [1.165, 1.54) is 5.56 Å². The standard InChI is InChI=1S/C17H21BrN2O/c1-5-6-12-7-9-13(10-8-12)21-15-11-14(18)19-16(20-15)17(2,3)4/h7-11H,5-6H2,1-4H3. The number of aromatic nitrogens is 2. The van der Waals surface area contributed by atoms with Crippen LogP contribution >= 0.6 is 15.9 Å². The number of nitrogens with zero attached hydrogens (tertiary/aromatic N) is 2. The summed E-state index contributed by atoms with van der Waals surface area (Å²) in [5.41, 5.74) is 1.21. The topological polar surface area (TPSA) is 35.0 Å². The van der Waals surface area contributed by atoms with Gasteiger partial charge in [-0.1, -0.05) is 46.2 Å². The molecule has 0 aliphatic rings. The van der Waals surface area contributed by atoms with E-state index >= 15 is 0 Å². The number of hydrogen-bond donors (Lipinski definition) is 0. The van der Waals surface area contributed by atoms with Gasteiger partial charge in [-0.25, -0.2) is 4.98 Å². The van der Waals surface area contributed by atoms with Gasteiger partial charge in [-0.05, 0) is 40.0 Å². The Morgan fingerprint density at radius 3 is 2.33 bits per heavy atom. The second-order valence-electron chi connectivity index (χ2n) is 6.10. The molecule has 0 aliphatic heterocycles. The van der Waals surface area contributed by atoms with Gasteiger partial charge in [-0.15, -0.1) is 0 Å². The highest BCUT2D eigenvalue weighted by atomic mass is 79.9. The normalized spacial score (nSPS) is 11.5. The van der Waals surface area contributed by atoms with Crippen LogP contribution in [0.3, 0.4) is 0 Å². The molecule has 0 bridgehead atoms. The first-order chi connectivity index (χ1) is 9.88. The molecule has 21 heavy (non-hydrogen) atoms. The number of ether oxygens (including phenoxy) is 1. The highest BCUT2D eigenvalue weighted by Crippen LogP contribution is 2.26. The molecular formula is C17H21BrN2O. The van der Waals surface area contributed by atoms with Crippen molar-refractivity contribution in [3.8, 4) is 11.6 Å². The summed E-state index contributed by atoms with van der Waals surface area (Å²) >= 11 is 3.42. The molecule has 2 rings (SSSR count). The van der Waals surface area contributed by atoms with Gasteiger partial charge in [0.2, 0.25) is 5.88 Å². The second kappa shape index (κ2) is 6.56. The van der Waals surface area contributed by atoms with E-state index in [4.69, 9.17) is 4.74 Å². The fraction of sp³-hybridized carbons (Fsp3) is 0.412. The van der Waals surface area contributed by atoms with Crippen molar-refractivity contribution in [1.82, 2.24) is 9.97 Å². The first-order valence-corrected chi connectivity index (χ1v) is 7.99. The summed E-state index contributed by atoms with van der Waals surface area (Å²) in [6.45, 7) is 8.42. The van der Waals surface area contributed by atoms with Crippen LogP contribution in [0.4, 0.5) is 0 Å². The molecule has 1 aromatic heterocycles. The van der Waals surface area contributed by atoms with Gasteiger partial charge in [0.05, 0.1) is 0 Å². The van der Waals surface area contributed by atoms with Gasteiger partial charge < -0.3 is 4.74 Å². The van der Waals surface area contributed by atoms with E-state index in [1.807, 2.05) is 12.1 Å². The zero-order valence-corrected chi connectivity index (χ0v) is 14.6. The summed E-state index contributed by atoms with van der Waals surface area (Å²) in [6, 6.07) is 9.95. The molecule has 0 amide bonds. The number of benzene rings is 1. The lowest BCUT2D eigenvalue weighted by molar-refractivity contribution is 0.444. The molecule has 3 nitrogen and oxygen atoms in total. The maximum atomic E-state index is 5.85. The van der Waals surface area contributed by atoms with Gasteiger partial charge in [0.1, 0.15) is 16.2 Å². The Labute approximate surface area is 134 Å². The molecular weight excluding hydrogens is 328 g/mol. The van der Waals surface area contributed by atoms with Crippen LogP contribution in [0.15, 0.2) is 34.9 Å². The summed E-state index contributed by atoms with van der Waals surface area (Å²) in [5.74, 6) is 2.11. The van der Waals surface area contributed by atoms with Crippen LogP contribution in [0.25, 0.3) is 0 Å². The lowest BCUT2D eigenvalue weighted by atomic mass is 9.96. The molecule has 1 aromatic carbocycles. The van der Waals surface area contributed by atoms with Gasteiger partial charge in [0.15, 0.2) is 0 Å². The van der Waals surface area contributed by atoms with Gasteiger partial charge >= 0.3 is 0 Å². The maximum Gasteiger partial charge on any atom is 0.223 e. The van der Waals surface area contributed by atoms with Crippen LogP contribution in [0, 0.1) is 0 Å². The van der Waals surface area contributed by atoms with Gasteiger partial charge in [-0.2, -0.15) is 4.98 Å². The van der Waals surface area contributed by atoms with Crippen molar-refractivity contribution in [1.29, 1.82) is 0 Å². The molecule has 0 saturated carbocycles. The molecule has 0 unspecified atom stereocenters. The van der Waals surface area contributed by atoms with Crippen LogP contribution in [0.2, 0.25) is 0 Å². The number of hydrogen-bond acceptors (Lipinski definition) is 3. The molecule has 1 heterocycles. The molecule has 0 aliphatic carbocycles. The predicted octanol–water partition coefficient (Wildman–Crippen LogP) is 5.28. The molecule has 4 heteroatoms. The molecule has 0 spiro atoms. The number of rotatable bonds is 4. The Bertz CT molecular complexity index is 603. The predicted molar refractivity (Wildman–Crippen MR) is 88.9 cm³/mol. The Hall–Kier alpha value is -1.42. The molecule has 0 saturated heterocycles. The van der Waals surface area contributed by atoms with Crippen molar-refractivity contribution in [2.45, 2.75) is 46.0 Å². The minimum absolute atomic E-state index is 0.118. The van der Waals surface area contributed by atoms with E-state index in [2.05, 4.69) is 65.7 Å². The Balaban J connectivity index is 2.21. The van der Waals surface area contributed by atoms with E-state index in [1.54, 1.807) is 6.07 Å². The van der Waals surface area contributed by atoms with E-state index in [9.17, 15) is 0 Å². The smallest absolute Gasteiger partial charge is 0.223 e. The molecule has 0 radical (unpaired) electrons. The summed E-state index contributed by atoms with van der Waals surface area (Å²) in [4.78, 5) is 8.91. The minimum Gasteiger partial charge on any atom is -0.439 e. The van der Waals surface area contributed by atoms with Crippen LogP contribution in [-0.4, -0.2) is 9.97 Å². The molecule has 0 fully saturated rings. The Morgan fingerprint density at radius 1 is 1.10 bits per heavy atom. The number of aryl methyl sites for hydroxylation is 1. The van der Waals surface area contributed by atoms with E-state index in [0.29, 0.717) is 5.88 Å². The largest absolute Gasteiger partial charge is 0.439 e. The highest BCUT2D eigenvalue weighted by molar-refractivity contribution is 9.10. The first kappa shape index (κ1) is 16.0. The summed E-state index contributed by atoms with van der Waals surface area (Å²) in [7, 11) is 0. The maximum absolute atomic E-state index is 5.85. The third-order valence-corrected chi connectivity index (χ3v) is 3.43. The summed E-state index contributed by atoms with van der Waals surface area (Å²) in [6.07, 6.45) is 2.24. The monoisotopic (exact) mass is 348 g/mol.